The van der Waals surface area contributed by atoms with Crippen LogP contribution in [0.2, 0.25) is 0 Å². The van der Waals surface area contributed by atoms with Gasteiger partial charge in [0.15, 0.2) is 0 Å². The quantitative estimate of drug-likeness (QED) is 0.606. The molecule has 0 radical (unpaired) electrons. The lowest BCUT2D eigenvalue weighted by Crippen LogP contribution is -2.29. The lowest BCUT2D eigenvalue weighted by Gasteiger charge is -2.22. The van der Waals surface area contributed by atoms with Crippen molar-refractivity contribution in [3.8, 4) is 0 Å². The zero-order valence-corrected chi connectivity index (χ0v) is 8.42. The van der Waals surface area contributed by atoms with Gasteiger partial charge < -0.3 is 9.64 Å². The first-order valence-electron chi connectivity index (χ1n) is 4.31. The van der Waals surface area contributed by atoms with E-state index in [0.717, 1.165) is 13.0 Å². The second kappa shape index (κ2) is 5.56. The third-order valence-electron chi connectivity index (χ3n) is 2.17. The molecule has 0 saturated carbocycles. The highest BCUT2D eigenvalue weighted by molar-refractivity contribution is 4.59. The summed E-state index contributed by atoms with van der Waals surface area (Å²) in [6, 6.07) is 0.638. The molecule has 2 nitrogen and oxygen atoms in total. The maximum atomic E-state index is 5.15. The molecule has 0 bridgehead atoms. The fourth-order valence-corrected chi connectivity index (χ4v) is 0.761. The summed E-state index contributed by atoms with van der Waals surface area (Å²) in [7, 11) is 3.91. The van der Waals surface area contributed by atoms with Crippen LogP contribution in [-0.2, 0) is 4.74 Å². The zero-order chi connectivity index (χ0) is 8.85. The second-order valence-electron chi connectivity index (χ2n) is 3.41. The van der Waals surface area contributed by atoms with Gasteiger partial charge in [-0.2, -0.15) is 0 Å². The monoisotopic (exact) mass is 159 g/mol. The summed E-state index contributed by atoms with van der Waals surface area (Å²) in [4.78, 5) is 2.33. The third-order valence-corrected chi connectivity index (χ3v) is 2.17. The molecule has 0 aliphatic rings. The number of nitrogens with zero attached hydrogens (tertiary/aromatic N) is 1. The molecule has 0 spiro atoms. The van der Waals surface area contributed by atoms with E-state index < -0.39 is 0 Å². The van der Waals surface area contributed by atoms with Gasteiger partial charge in [-0.05, 0) is 34.2 Å². The Morgan fingerprint density at radius 3 is 2.18 bits per heavy atom. The lowest BCUT2D eigenvalue weighted by atomic mass is 10.2. The van der Waals surface area contributed by atoms with Gasteiger partial charge in [0, 0.05) is 19.7 Å². The Bertz CT molecular complexity index is 93.6. The Balaban J connectivity index is 3.37. The van der Waals surface area contributed by atoms with Crippen molar-refractivity contribution in [2.45, 2.75) is 39.3 Å². The third kappa shape index (κ3) is 5.22. The van der Waals surface area contributed by atoms with Crippen LogP contribution in [0.3, 0.4) is 0 Å². The van der Waals surface area contributed by atoms with Crippen LogP contribution in [0.15, 0.2) is 0 Å². The van der Waals surface area contributed by atoms with E-state index in [9.17, 15) is 0 Å². The molecule has 0 aromatic rings. The summed E-state index contributed by atoms with van der Waals surface area (Å²) in [6.45, 7) is 7.63. The first kappa shape index (κ1) is 10.9. The van der Waals surface area contributed by atoms with Crippen LogP contribution in [0.4, 0.5) is 0 Å². The van der Waals surface area contributed by atoms with Crippen molar-refractivity contribution < 1.29 is 4.74 Å². The number of hydrogen-bond donors (Lipinski definition) is 0. The molecule has 0 rings (SSSR count). The molecule has 0 amide bonds. The molecule has 0 N–H and O–H groups in total. The van der Waals surface area contributed by atoms with Gasteiger partial charge in [-0.1, -0.05) is 0 Å². The van der Waals surface area contributed by atoms with Crippen molar-refractivity contribution >= 4 is 0 Å². The minimum Gasteiger partial charge on any atom is -0.382 e. The molecule has 68 valence electrons. The van der Waals surface area contributed by atoms with Crippen LogP contribution >= 0.6 is 0 Å². The van der Waals surface area contributed by atoms with Crippen LogP contribution in [0.5, 0.6) is 0 Å². The average molecular weight is 159 g/mol. The largest absolute Gasteiger partial charge is 0.382 e. The summed E-state index contributed by atoms with van der Waals surface area (Å²) in [6.07, 6.45) is 1.50. The molecular formula is C9H21NO. The zero-order valence-electron chi connectivity index (χ0n) is 8.42. The predicted octanol–water partition coefficient (Wildman–Crippen LogP) is 1.75. The van der Waals surface area contributed by atoms with Crippen LogP contribution in [-0.4, -0.2) is 37.7 Å². The van der Waals surface area contributed by atoms with E-state index in [1.165, 1.54) is 0 Å². The first-order valence-corrected chi connectivity index (χ1v) is 4.31. The van der Waals surface area contributed by atoms with Crippen LogP contribution in [0.25, 0.3) is 0 Å². The van der Waals surface area contributed by atoms with Crippen LogP contribution in [0, 0.1) is 0 Å². The highest BCUT2D eigenvalue weighted by Gasteiger charge is 2.05. The maximum absolute atomic E-state index is 5.15. The van der Waals surface area contributed by atoms with E-state index in [1.54, 1.807) is 7.11 Å². The van der Waals surface area contributed by atoms with Gasteiger partial charge in [0.1, 0.15) is 0 Å². The summed E-state index contributed by atoms with van der Waals surface area (Å²) < 4.78 is 5.15. The Morgan fingerprint density at radius 1 is 1.27 bits per heavy atom. The van der Waals surface area contributed by atoms with Crippen molar-refractivity contribution in [3.05, 3.63) is 0 Å². The minimum absolute atomic E-state index is 0.385. The van der Waals surface area contributed by atoms with Crippen molar-refractivity contribution in [1.82, 2.24) is 4.90 Å². The molecule has 0 aliphatic heterocycles. The fraction of sp³-hybridized carbons (Fsp3) is 1.00. The Morgan fingerprint density at radius 2 is 1.82 bits per heavy atom. The molecule has 0 saturated heterocycles. The number of hydrogen-bond acceptors (Lipinski definition) is 2. The van der Waals surface area contributed by atoms with E-state index in [0.29, 0.717) is 12.1 Å². The average Bonchev–Trinajstić information content (AvgIpc) is 1.99. The van der Waals surface area contributed by atoms with E-state index >= 15 is 0 Å². The fourth-order valence-electron chi connectivity index (χ4n) is 0.761. The van der Waals surface area contributed by atoms with Gasteiger partial charge in [-0.15, -0.1) is 0 Å². The summed E-state index contributed by atoms with van der Waals surface area (Å²) in [5.74, 6) is 0. The predicted molar refractivity (Wildman–Crippen MR) is 48.9 cm³/mol. The van der Waals surface area contributed by atoms with Crippen LogP contribution < -0.4 is 0 Å². The molecule has 11 heavy (non-hydrogen) atoms. The van der Waals surface area contributed by atoms with Crippen LogP contribution in [0.1, 0.15) is 27.2 Å². The smallest absolute Gasteiger partial charge is 0.0555 e. The topological polar surface area (TPSA) is 12.5 Å². The highest BCUT2D eigenvalue weighted by Crippen LogP contribution is 2.00. The number of ether oxygens (including phenoxy) is 1. The van der Waals surface area contributed by atoms with Crippen molar-refractivity contribution in [2.75, 3.05) is 20.7 Å². The second-order valence-corrected chi connectivity index (χ2v) is 3.41. The highest BCUT2D eigenvalue weighted by atomic mass is 16.5. The lowest BCUT2D eigenvalue weighted by molar-refractivity contribution is 0.0971. The number of rotatable bonds is 5. The molecule has 1 unspecified atom stereocenters. The van der Waals surface area contributed by atoms with E-state index in [4.69, 9.17) is 4.74 Å². The van der Waals surface area contributed by atoms with E-state index in [-0.39, 0.29) is 0 Å². The molecule has 0 heterocycles. The Hall–Kier alpha value is -0.0800. The molecule has 2 heteroatoms. The summed E-state index contributed by atoms with van der Waals surface area (Å²) in [5.41, 5.74) is 0. The summed E-state index contributed by atoms with van der Waals surface area (Å²) in [5, 5.41) is 0. The van der Waals surface area contributed by atoms with Crippen molar-refractivity contribution in [1.29, 1.82) is 0 Å². The standard InChI is InChI=1S/C9H21NO/c1-8(2)10(4)7-6-9(3)11-5/h8-9H,6-7H2,1-5H3. The SMILES string of the molecule is COC(C)CCN(C)C(C)C. The van der Waals surface area contributed by atoms with E-state index in [1.807, 2.05) is 0 Å². The van der Waals surface area contributed by atoms with Gasteiger partial charge in [0.05, 0.1) is 6.10 Å². The first-order chi connectivity index (χ1) is 5.07. The maximum Gasteiger partial charge on any atom is 0.0555 e. The normalized spacial score (nSPS) is 14.5. The number of methoxy groups -OCH3 is 1. The van der Waals surface area contributed by atoms with Gasteiger partial charge >= 0.3 is 0 Å². The molecule has 0 aromatic carbocycles. The van der Waals surface area contributed by atoms with Gasteiger partial charge in [-0.3, -0.25) is 0 Å². The molecular weight excluding hydrogens is 138 g/mol. The van der Waals surface area contributed by atoms with Crippen molar-refractivity contribution in [2.24, 2.45) is 0 Å². The molecule has 0 aliphatic carbocycles. The summed E-state index contributed by atoms with van der Waals surface area (Å²) >= 11 is 0. The minimum atomic E-state index is 0.385. The molecule has 0 aromatic heterocycles. The Kier molecular flexibility index (Phi) is 5.51. The van der Waals surface area contributed by atoms with Gasteiger partial charge in [0.2, 0.25) is 0 Å². The van der Waals surface area contributed by atoms with Crippen molar-refractivity contribution in [3.63, 3.8) is 0 Å². The van der Waals surface area contributed by atoms with Gasteiger partial charge in [0.25, 0.3) is 0 Å². The molecule has 0 fully saturated rings. The Labute approximate surface area is 70.5 Å². The van der Waals surface area contributed by atoms with Gasteiger partial charge in [-0.25, -0.2) is 0 Å². The molecule has 1 atom stereocenters. The van der Waals surface area contributed by atoms with E-state index in [2.05, 4.69) is 32.7 Å².